The number of carboxylic acid groups (broad SMARTS) is 1. The molecule has 2 heterocycles. The molecule has 34 heavy (non-hydrogen) atoms. The highest BCUT2D eigenvalue weighted by Gasteiger charge is 2.45. The summed E-state index contributed by atoms with van der Waals surface area (Å²) in [6.45, 7) is 0.584. The lowest BCUT2D eigenvalue weighted by Crippen LogP contribution is -2.55. The Bertz CT molecular complexity index is 1050. The van der Waals surface area contributed by atoms with E-state index in [1.54, 1.807) is 0 Å². The molecule has 4 N–H and O–H groups in total. The molecule has 2 aliphatic heterocycles. The molecule has 2 fully saturated rings. The summed E-state index contributed by atoms with van der Waals surface area (Å²) in [4.78, 5) is 10.8. The van der Waals surface area contributed by atoms with Crippen molar-refractivity contribution in [3.05, 3.63) is 58.7 Å². The van der Waals surface area contributed by atoms with Crippen LogP contribution in [0.25, 0.3) is 0 Å². The molecule has 0 bridgehead atoms. The molecule has 9 nitrogen and oxygen atoms in total. The third kappa shape index (κ3) is 4.69. The second-order valence-electron chi connectivity index (χ2n) is 9.03. The molecule has 182 valence electrons. The molecule has 0 spiro atoms. The molecule has 0 amide bonds. The van der Waals surface area contributed by atoms with Crippen molar-refractivity contribution in [2.24, 2.45) is 0 Å². The fraction of sp³-hybridized carbons (Fsp3) is 0.480. The molecular formula is C25H28O9. The number of aliphatic hydroxyl groups excluding tert-OH is 3. The monoisotopic (exact) mass is 472 g/mol. The van der Waals surface area contributed by atoms with Crippen molar-refractivity contribution < 1.29 is 44.2 Å². The van der Waals surface area contributed by atoms with Crippen molar-refractivity contribution >= 4 is 6.16 Å². The fourth-order valence-corrected chi connectivity index (χ4v) is 4.68. The van der Waals surface area contributed by atoms with E-state index in [9.17, 15) is 20.1 Å². The number of hydrogen-bond acceptors (Lipinski definition) is 8. The van der Waals surface area contributed by atoms with Crippen molar-refractivity contribution in [1.82, 2.24) is 0 Å². The standard InChI is InChI=1S/C25H28O9/c26-21-20(12-33-25(29)30)34-24(23(28)22(21)27)15-4-5-17(14-2-3-14)16(11-15)9-13-1-6-18-19(10-13)32-8-7-31-18/h1,4-6,10-11,14,20-24,26-28H,2-3,7-9,12H2,(H,29,30)/t20-,21-,22+,23-,24+/m1/s1. The quantitative estimate of drug-likeness (QED) is 0.466. The maximum Gasteiger partial charge on any atom is 0.505 e. The Morgan fingerprint density at radius 3 is 2.44 bits per heavy atom. The van der Waals surface area contributed by atoms with Gasteiger partial charge in [0.2, 0.25) is 0 Å². The summed E-state index contributed by atoms with van der Waals surface area (Å²) in [5.74, 6) is 1.94. The van der Waals surface area contributed by atoms with Gasteiger partial charge in [-0.3, -0.25) is 0 Å². The number of fused-ring (bicyclic) bond motifs is 1. The smallest absolute Gasteiger partial charge is 0.486 e. The van der Waals surface area contributed by atoms with E-state index in [-0.39, 0.29) is 0 Å². The molecule has 3 aliphatic rings. The topological polar surface area (TPSA) is 135 Å². The van der Waals surface area contributed by atoms with Crippen LogP contribution in [0.3, 0.4) is 0 Å². The number of aliphatic hydroxyl groups is 3. The largest absolute Gasteiger partial charge is 0.505 e. The molecule has 9 heteroatoms. The van der Waals surface area contributed by atoms with E-state index in [1.807, 2.05) is 36.4 Å². The van der Waals surface area contributed by atoms with Crippen molar-refractivity contribution in [1.29, 1.82) is 0 Å². The van der Waals surface area contributed by atoms with Gasteiger partial charge in [0.05, 0.1) is 0 Å². The Morgan fingerprint density at radius 1 is 0.941 bits per heavy atom. The zero-order valence-electron chi connectivity index (χ0n) is 18.5. The predicted octanol–water partition coefficient (Wildman–Crippen LogP) is 2.14. The predicted molar refractivity (Wildman–Crippen MR) is 118 cm³/mol. The van der Waals surface area contributed by atoms with Gasteiger partial charge < -0.3 is 39.4 Å². The van der Waals surface area contributed by atoms with Crippen LogP contribution in [-0.4, -0.2) is 70.8 Å². The number of carbonyl (C=O) groups is 1. The molecule has 5 rings (SSSR count). The van der Waals surface area contributed by atoms with Crippen LogP contribution in [0.4, 0.5) is 4.79 Å². The van der Waals surface area contributed by atoms with Crippen LogP contribution in [0.15, 0.2) is 36.4 Å². The highest BCUT2D eigenvalue weighted by Crippen LogP contribution is 2.44. The van der Waals surface area contributed by atoms with Gasteiger partial charge in [-0.25, -0.2) is 4.79 Å². The first-order chi connectivity index (χ1) is 16.4. The molecule has 0 aromatic heterocycles. The number of hydrogen-bond donors (Lipinski definition) is 4. The minimum atomic E-state index is -1.51. The van der Waals surface area contributed by atoms with Crippen LogP contribution in [0.2, 0.25) is 0 Å². The minimum absolute atomic E-state index is 0.457. The maximum absolute atomic E-state index is 10.8. The lowest BCUT2D eigenvalue weighted by atomic mass is 9.88. The Kier molecular flexibility index (Phi) is 6.35. The van der Waals surface area contributed by atoms with E-state index in [2.05, 4.69) is 4.74 Å². The van der Waals surface area contributed by atoms with Crippen LogP contribution in [0, 0.1) is 0 Å². The first-order valence-electron chi connectivity index (χ1n) is 11.5. The summed E-state index contributed by atoms with van der Waals surface area (Å²) >= 11 is 0. The molecule has 1 saturated carbocycles. The summed E-state index contributed by atoms with van der Waals surface area (Å²) in [6.07, 6.45) is -5.06. The van der Waals surface area contributed by atoms with Crippen molar-refractivity contribution in [3.63, 3.8) is 0 Å². The Hall–Kier alpha value is -2.85. The second-order valence-corrected chi connectivity index (χ2v) is 9.03. The van der Waals surface area contributed by atoms with Crippen molar-refractivity contribution in [2.75, 3.05) is 19.8 Å². The van der Waals surface area contributed by atoms with Gasteiger partial charge in [0.1, 0.15) is 50.3 Å². The van der Waals surface area contributed by atoms with Gasteiger partial charge in [-0.05, 0) is 59.6 Å². The Morgan fingerprint density at radius 2 is 1.71 bits per heavy atom. The zero-order valence-corrected chi connectivity index (χ0v) is 18.5. The molecule has 1 saturated heterocycles. The highest BCUT2D eigenvalue weighted by molar-refractivity contribution is 5.56. The SMILES string of the molecule is O=C(O)OC[C@H]1O[C@@H](c2ccc(C3CC3)c(Cc3ccc4c(c3)OCCO4)c2)[C@H](O)[C@@H](O)[C@@H]1O. The third-order valence-corrected chi connectivity index (χ3v) is 6.60. The summed E-state index contributed by atoms with van der Waals surface area (Å²) in [5, 5.41) is 40.0. The first-order valence-corrected chi connectivity index (χ1v) is 11.5. The van der Waals surface area contributed by atoms with E-state index >= 15 is 0 Å². The zero-order chi connectivity index (χ0) is 23.8. The molecule has 0 radical (unpaired) electrons. The lowest BCUT2D eigenvalue weighted by Gasteiger charge is -2.40. The van der Waals surface area contributed by atoms with Crippen LogP contribution >= 0.6 is 0 Å². The van der Waals surface area contributed by atoms with Crippen LogP contribution < -0.4 is 9.47 Å². The summed E-state index contributed by atoms with van der Waals surface area (Å²) < 4.78 is 21.7. The van der Waals surface area contributed by atoms with Gasteiger partial charge in [0, 0.05) is 0 Å². The van der Waals surface area contributed by atoms with E-state index < -0.39 is 43.3 Å². The summed E-state index contributed by atoms with van der Waals surface area (Å²) in [6, 6.07) is 11.7. The Labute approximate surface area is 196 Å². The minimum Gasteiger partial charge on any atom is -0.486 e. The number of rotatable bonds is 6. The molecule has 0 unspecified atom stereocenters. The molecule has 2 aromatic carbocycles. The fourth-order valence-electron chi connectivity index (χ4n) is 4.68. The van der Waals surface area contributed by atoms with Gasteiger partial charge in [0.25, 0.3) is 0 Å². The van der Waals surface area contributed by atoms with E-state index in [1.165, 1.54) is 5.56 Å². The van der Waals surface area contributed by atoms with E-state index in [0.717, 1.165) is 35.5 Å². The molecule has 5 atom stereocenters. The average Bonchev–Trinajstić information content (AvgIpc) is 3.67. The van der Waals surface area contributed by atoms with Gasteiger partial charge >= 0.3 is 6.16 Å². The van der Waals surface area contributed by atoms with Gasteiger partial charge in [-0.15, -0.1) is 0 Å². The van der Waals surface area contributed by atoms with Crippen LogP contribution in [0.1, 0.15) is 47.1 Å². The van der Waals surface area contributed by atoms with Crippen molar-refractivity contribution in [3.8, 4) is 11.5 Å². The van der Waals surface area contributed by atoms with Gasteiger partial charge in [-0.1, -0.05) is 24.3 Å². The maximum atomic E-state index is 10.8. The molecular weight excluding hydrogens is 444 g/mol. The first kappa shape index (κ1) is 22.9. The summed E-state index contributed by atoms with van der Waals surface area (Å²) in [5.41, 5.74) is 3.99. The Balaban J connectivity index is 1.42. The number of benzene rings is 2. The highest BCUT2D eigenvalue weighted by atomic mass is 16.7. The lowest BCUT2D eigenvalue weighted by molar-refractivity contribution is -0.232. The van der Waals surface area contributed by atoms with E-state index in [0.29, 0.717) is 31.1 Å². The normalized spacial score (nSPS) is 28.4. The molecule has 2 aromatic rings. The number of ether oxygens (including phenoxy) is 4. The average molecular weight is 472 g/mol. The van der Waals surface area contributed by atoms with Crippen LogP contribution in [0.5, 0.6) is 11.5 Å². The van der Waals surface area contributed by atoms with Gasteiger partial charge in [-0.2, -0.15) is 0 Å². The van der Waals surface area contributed by atoms with Gasteiger partial charge in [0.15, 0.2) is 11.5 Å². The van der Waals surface area contributed by atoms with Crippen molar-refractivity contribution in [2.45, 2.75) is 55.7 Å². The third-order valence-electron chi connectivity index (χ3n) is 6.60. The molecule has 1 aliphatic carbocycles. The van der Waals surface area contributed by atoms with Crippen LogP contribution in [-0.2, 0) is 15.9 Å². The summed E-state index contributed by atoms with van der Waals surface area (Å²) in [7, 11) is 0. The van der Waals surface area contributed by atoms with E-state index in [4.69, 9.17) is 19.3 Å². The second kappa shape index (κ2) is 9.42.